The molecular formula is C23H25N3O4S2. The standard InChI is InChI=1S/C23H25N3O4S2/c1-4-22(32(29,30)26-14-13-18(16-26)7-12-23(27)24-28)21-11-10-20(31-21)19-8-5-17(6-9-19)15-25(2)3/h4-14,16,22,28H,1,15H2,2-3H3,(H,24,27)/b12-7+. The summed E-state index contributed by atoms with van der Waals surface area (Å²) in [6, 6.07) is 13.5. The number of hydrogen-bond acceptors (Lipinski definition) is 6. The van der Waals surface area contributed by atoms with Crippen LogP contribution in [0.1, 0.15) is 21.3 Å². The molecule has 3 aromatic rings. The minimum absolute atomic E-state index is 0.504. The van der Waals surface area contributed by atoms with E-state index >= 15 is 0 Å². The van der Waals surface area contributed by atoms with Crippen LogP contribution in [-0.4, -0.2) is 42.5 Å². The first kappa shape index (κ1) is 23.7. The van der Waals surface area contributed by atoms with Gasteiger partial charge in [0.05, 0.1) is 0 Å². The summed E-state index contributed by atoms with van der Waals surface area (Å²) in [5, 5.41) is 7.63. The van der Waals surface area contributed by atoms with Crippen molar-refractivity contribution in [1.82, 2.24) is 14.4 Å². The number of amides is 1. The molecule has 0 fully saturated rings. The van der Waals surface area contributed by atoms with Crippen molar-refractivity contribution in [3.05, 3.63) is 89.6 Å². The van der Waals surface area contributed by atoms with Crippen LogP contribution in [0.5, 0.6) is 0 Å². The monoisotopic (exact) mass is 471 g/mol. The van der Waals surface area contributed by atoms with E-state index in [1.165, 1.54) is 46.9 Å². The van der Waals surface area contributed by atoms with E-state index in [9.17, 15) is 13.2 Å². The van der Waals surface area contributed by atoms with Crippen LogP contribution in [0.15, 0.2) is 73.6 Å². The maximum atomic E-state index is 13.2. The first-order chi connectivity index (χ1) is 15.2. The molecule has 0 radical (unpaired) electrons. The molecule has 0 aliphatic heterocycles. The van der Waals surface area contributed by atoms with E-state index in [1.54, 1.807) is 6.07 Å². The molecule has 7 nitrogen and oxygen atoms in total. The van der Waals surface area contributed by atoms with Gasteiger partial charge in [-0.05, 0) is 55.1 Å². The van der Waals surface area contributed by atoms with Gasteiger partial charge in [-0.15, -0.1) is 17.9 Å². The van der Waals surface area contributed by atoms with E-state index in [-0.39, 0.29) is 0 Å². The lowest BCUT2D eigenvalue weighted by Crippen LogP contribution is -2.17. The van der Waals surface area contributed by atoms with Crippen molar-refractivity contribution < 1.29 is 18.4 Å². The first-order valence-corrected chi connectivity index (χ1v) is 12.1. The molecular weight excluding hydrogens is 446 g/mol. The molecule has 2 aromatic heterocycles. The lowest BCUT2D eigenvalue weighted by molar-refractivity contribution is -0.124. The van der Waals surface area contributed by atoms with E-state index in [4.69, 9.17) is 5.21 Å². The van der Waals surface area contributed by atoms with Gasteiger partial charge in [0.15, 0.2) is 0 Å². The van der Waals surface area contributed by atoms with Crippen molar-refractivity contribution >= 4 is 33.3 Å². The van der Waals surface area contributed by atoms with E-state index in [2.05, 4.69) is 23.6 Å². The fourth-order valence-electron chi connectivity index (χ4n) is 3.17. The van der Waals surface area contributed by atoms with Crippen LogP contribution in [-0.2, 0) is 21.4 Å². The summed E-state index contributed by atoms with van der Waals surface area (Å²) >= 11 is 1.42. The van der Waals surface area contributed by atoms with Crippen LogP contribution in [0.2, 0.25) is 0 Å². The highest BCUT2D eigenvalue weighted by Gasteiger charge is 2.27. The average Bonchev–Trinajstić information content (AvgIpc) is 3.43. The molecule has 2 heterocycles. The molecule has 0 saturated heterocycles. The van der Waals surface area contributed by atoms with Crippen molar-refractivity contribution in [2.75, 3.05) is 14.1 Å². The minimum atomic E-state index is -3.80. The minimum Gasteiger partial charge on any atom is -0.305 e. The van der Waals surface area contributed by atoms with Gasteiger partial charge < -0.3 is 4.90 Å². The molecule has 32 heavy (non-hydrogen) atoms. The normalized spacial score (nSPS) is 12.9. The number of aromatic nitrogens is 1. The Kier molecular flexibility index (Phi) is 7.47. The third kappa shape index (κ3) is 5.43. The zero-order valence-corrected chi connectivity index (χ0v) is 19.4. The van der Waals surface area contributed by atoms with E-state index in [0.29, 0.717) is 10.4 Å². The largest absolute Gasteiger partial charge is 0.305 e. The zero-order valence-electron chi connectivity index (χ0n) is 17.8. The van der Waals surface area contributed by atoms with Crippen LogP contribution in [0.3, 0.4) is 0 Å². The molecule has 0 bridgehead atoms. The topological polar surface area (TPSA) is 91.6 Å². The van der Waals surface area contributed by atoms with E-state index in [1.807, 2.05) is 38.4 Å². The Morgan fingerprint density at radius 3 is 2.56 bits per heavy atom. The predicted octanol–water partition coefficient (Wildman–Crippen LogP) is 3.90. The van der Waals surface area contributed by atoms with Crippen molar-refractivity contribution in [2.24, 2.45) is 0 Å². The molecule has 2 N–H and O–H groups in total. The van der Waals surface area contributed by atoms with Crippen LogP contribution in [0, 0.1) is 0 Å². The molecule has 1 atom stereocenters. The van der Waals surface area contributed by atoms with Gasteiger partial charge in [0.1, 0.15) is 5.25 Å². The van der Waals surface area contributed by atoms with Gasteiger partial charge in [-0.1, -0.05) is 30.3 Å². The fourth-order valence-corrected chi connectivity index (χ4v) is 6.05. The highest BCUT2D eigenvalue weighted by atomic mass is 32.2. The Morgan fingerprint density at radius 1 is 1.22 bits per heavy atom. The lowest BCUT2D eigenvalue weighted by atomic mass is 10.1. The van der Waals surface area contributed by atoms with Gasteiger partial charge >= 0.3 is 0 Å². The SMILES string of the molecule is C=CC(c1ccc(-c2ccc(CN(C)C)cc2)s1)S(=O)(=O)n1ccc(/C=C/C(=O)NO)c1. The molecule has 1 unspecified atom stereocenters. The Labute approximate surface area is 191 Å². The first-order valence-electron chi connectivity index (χ1n) is 9.75. The zero-order chi connectivity index (χ0) is 23.3. The van der Waals surface area contributed by atoms with E-state index < -0.39 is 21.2 Å². The number of thiophene rings is 1. The van der Waals surface area contributed by atoms with Crippen molar-refractivity contribution in [3.63, 3.8) is 0 Å². The number of rotatable bonds is 9. The summed E-state index contributed by atoms with van der Waals surface area (Å²) in [6.07, 6.45) is 6.75. The number of nitrogens with zero attached hydrogens (tertiary/aromatic N) is 2. The van der Waals surface area contributed by atoms with Crippen LogP contribution < -0.4 is 5.48 Å². The van der Waals surface area contributed by atoms with E-state index in [0.717, 1.165) is 27.0 Å². The summed E-state index contributed by atoms with van der Waals surface area (Å²) in [4.78, 5) is 14.9. The fraction of sp³-hybridized carbons (Fsp3) is 0.174. The molecule has 9 heteroatoms. The number of carbonyl (C=O) groups excluding carboxylic acids is 1. The highest BCUT2D eigenvalue weighted by molar-refractivity contribution is 7.90. The average molecular weight is 472 g/mol. The van der Waals surface area contributed by atoms with Crippen LogP contribution >= 0.6 is 11.3 Å². The van der Waals surface area contributed by atoms with Gasteiger partial charge in [0.25, 0.3) is 5.91 Å². The Bertz CT molecular complexity index is 1220. The highest BCUT2D eigenvalue weighted by Crippen LogP contribution is 2.36. The summed E-state index contributed by atoms with van der Waals surface area (Å²) < 4.78 is 27.5. The third-order valence-electron chi connectivity index (χ3n) is 4.70. The molecule has 0 aliphatic carbocycles. The predicted molar refractivity (Wildman–Crippen MR) is 128 cm³/mol. The molecule has 3 rings (SSSR count). The van der Waals surface area contributed by atoms with Crippen LogP contribution in [0.25, 0.3) is 16.5 Å². The number of nitrogens with one attached hydrogen (secondary N) is 1. The molecule has 0 spiro atoms. The Balaban J connectivity index is 1.83. The number of hydrogen-bond donors (Lipinski definition) is 2. The van der Waals surface area contributed by atoms with Gasteiger partial charge in [-0.25, -0.2) is 13.9 Å². The van der Waals surface area contributed by atoms with Crippen molar-refractivity contribution in [1.29, 1.82) is 0 Å². The van der Waals surface area contributed by atoms with Gasteiger partial charge in [0.2, 0.25) is 10.0 Å². The summed E-state index contributed by atoms with van der Waals surface area (Å²) in [7, 11) is 0.241. The lowest BCUT2D eigenvalue weighted by Gasteiger charge is -2.13. The summed E-state index contributed by atoms with van der Waals surface area (Å²) in [5.41, 5.74) is 4.22. The Hall–Kier alpha value is -2.98. The van der Waals surface area contributed by atoms with Gasteiger partial charge in [-0.3, -0.25) is 14.0 Å². The number of benzene rings is 1. The maximum Gasteiger partial charge on any atom is 0.267 e. The second kappa shape index (κ2) is 10.1. The summed E-state index contributed by atoms with van der Waals surface area (Å²) in [6.45, 7) is 4.60. The number of carbonyl (C=O) groups is 1. The third-order valence-corrected chi connectivity index (χ3v) is 7.97. The molecule has 1 amide bonds. The number of hydroxylamine groups is 1. The summed E-state index contributed by atoms with van der Waals surface area (Å²) in [5.74, 6) is -0.703. The maximum absolute atomic E-state index is 13.2. The second-order valence-corrected chi connectivity index (χ2v) is 10.5. The van der Waals surface area contributed by atoms with Gasteiger partial charge in [0, 0.05) is 34.8 Å². The molecule has 0 saturated carbocycles. The Morgan fingerprint density at radius 2 is 1.94 bits per heavy atom. The smallest absolute Gasteiger partial charge is 0.267 e. The molecule has 1 aromatic carbocycles. The van der Waals surface area contributed by atoms with Crippen molar-refractivity contribution in [2.45, 2.75) is 11.8 Å². The van der Waals surface area contributed by atoms with Crippen molar-refractivity contribution in [3.8, 4) is 10.4 Å². The molecule has 0 aliphatic rings. The second-order valence-electron chi connectivity index (χ2n) is 7.42. The molecule has 168 valence electrons. The van der Waals surface area contributed by atoms with Crippen LogP contribution in [0.4, 0.5) is 0 Å². The van der Waals surface area contributed by atoms with Gasteiger partial charge in [-0.2, -0.15) is 0 Å². The quantitative estimate of drug-likeness (QED) is 0.214.